The van der Waals surface area contributed by atoms with Gasteiger partial charge in [-0.05, 0) is 0 Å². The van der Waals surface area contributed by atoms with E-state index in [1.54, 1.807) is 0 Å². The van der Waals surface area contributed by atoms with E-state index in [-0.39, 0.29) is 33.4 Å². The molecule has 0 spiro atoms. The van der Waals surface area contributed by atoms with Crippen LogP contribution in [0.15, 0.2) is 0 Å². The zero-order valence-corrected chi connectivity index (χ0v) is 10.7. The summed E-state index contributed by atoms with van der Waals surface area (Å²) in [6.07, 6.45) is 0. The van der Waals surface area contributed by atoms with Gasteiger partial charge in [-0.25, -0.2) is 0 Å². The molecule has 4 N–H and O–H groups in total. The van der Waals surface area contributed by atoms with E-state index in [9.17, 15) is 0 Å². The molecule has 0 aromatic heterocycles. The molecule has 0 atom stereocenters. The molecule has 0 fully saturated rings. The maximum Gasteiger partial charge on any atom is 4.00 e. The largest absolute Gasteiger partial charge is 4.00 e. The topological polar surface area (TPSA) is 67.0 Å². The van der Waals surface area contributed by atoms with Gasteiger partial charge in [0.2, 0.25) is 0 Å². The van der Waals surface area contributed by atoms with Gasteiger partial charge in [0.1, 0.15) is 0 Å². The van der Waals surface area contributed by atoms with Gasteiger partial charge in [-0.1, -0.05) is 0 Å². The van der Waals surface area contributed by atoms with Gasteiger partial charge >= 0.3 is 21.1 Å². The second-order valence-electron chi connectivity index (χ2n) is 3.00. The van der Waals surface area contributed by atoms with E-state index in [0.717, 1.165) is 0 Å². The van der Waals surface area contributed by atoms with Crippen molar-refractivity contribution in [3.05, 3.63) is 24.1 Å². The van der Waals surface area contributed by atoms with E-state index in [4.69, 9.17) is 0 Å². The van der Waals surface area contributed by atoms with Crippen LogP contribution in [0.25, 0.3) is 12.3 Å². The summed E-state index contributed by atoms with van der Waals surface area (Å²) in [5.74, 6) is 2.83. The van der Waals surface area contributed by atoms with Gasteiger partial charge in [-0.15, -0.1) is 0 Å². The summed E-state index contributed by atoms with van der Waals surface area (Å²) < 4.78 is 0. The molecule has 0 bridgehead atoms. The summed E-state index contributed by atoms with van der Waals surface area (Å²) in [5, 5.41) is 0. The van der Waals surface area contributed by atoms with Crippen LogP contribution < -0.4 is 0 Å². The average molecular weight is 341 g/mol. The minimum absolute atomic E-state index is 0. The van der Waals surface area contributed by atoms with Crippen LogP contribution in [0.2, 0.25) is 0 Å². The molecule has 0 rings (SSSR count). The van der Waals surface area contributed by atoms with Crippen LogP contribution in [-0.2, 0) is 21.1 Å². The number of hydrogen-bond donors (Lipinski definition) is 0. The summed E-state index contributed by atoms with van der Waals surface area (Å²) in [5.41, 5.74) is 0. The van der Waals surface area contributed by atoms with Crippen molar-refractivity contribution < 1.29 is 21.1 Å². The molecule has 0 amide bonds. The zero-order valence-electron chi connectivity index (χ0n) is 8.47. The monoisotopic (exact) mass is 341 g/mol. The van der Waals surface area contributed by atoms with Crippen LogP contribution in [0, 0.1) is 11.8 Å². The van der Waals surface area contributed by atoms with E-state index in [2.05, 4.69) is 41.5 Å². The quantitative estimate of drug-likeness (QED) is 0.575. The summed E-state index contributed by atoms with van der Waals surface area (Å²) in [7, 11) is 0. The van der Waals surface area contributed by atoms with Gasteiger partial charge in [0, 0.05) is 0 Å². The van der Waals surface area contributed by atoms with Gasteiger partial charge in [-0.3, -0.25) is 0 Å². The van der Waals surface area contributed by atoms with Crippen molar-refractivity contribution >= 4 is 0 Å². The zero-order chi connectivity index (χ0) is 7.15. The molecule has 0 radical (unpaired) electrons. The van der Waals surface area contributed by atoms with E-state index in [0.29, 0.717) is 0 Å². The van der Waals surface area contributed by atoms with Crippen LogP contribution in [0.3, 0.4) is 0 Å². The van der Waals surface area contributed by atoms with Crippen molar-refractivity contribution in [2.24, 2.45) is 0 Å². The first-order valence-corrected chi connectivity index (χ1v) is 3.00. The molecular weight excluding hydrogens is 319 g/mol. The smallest absolute Gasteiger partial charge is 0.693 e. The third kappa shape index (κ3) is 2120. The molecule has 0 aliphatic heterocycles. The fourth-order valence-electron chi connectivity index (χ4n) is 0. The first kappa shape index (κ1) is 29.9. The molecule has 0 heterocycles. The van der Waals surface area contributed by atoms with Gasteiger partial charge in [0.05, 0.1) is 0 Å². The van der Waals surface area contributed by atoms with E-state index in [1.165, 1.54) is 11.8 Å². The minimum Gasteiger partial charge on any atom is -0.693 e. The molecule has 0 aliphatic rings. The third-order valence-electron chi connectivity index (χ3n) is 0. The van der Waals surface area contributed by atoms with Gasteiger partial charge in [0.15, 0.2) is 0 Å². The Kier molecular flexibility index (Phi) is 61.0. The molecule has 0 aromatic rings. The Balaban J connectivity index is -0.0000000171. The van der Waals surface area contributed by atoms with Crippen molar-refractivity contribution in [2.45, 2.75) is 41.5 Å². The van der Waals surface area contributed by atoms with Crippen LogP contribution >= 0.6 is 0 Å². The fraction of sp³-hybridized carbons (Fsp3) is 0.750. The Hall–Kier alpha value is 0.608. The van der Waals surface area contributed by atoms with Crippen molar-refractivity contribution in [3.8, 4) is 0 Å². The molecular formula is C8H22N2Pt. The molecule has 0 saturated heterocycles. The molecule has 0 saturated carbocycles. The third-order valence-corrected chi connectivity index (χ3v) is 0. The Morgan fingerprint density at radius 3 is 0.545 bits per heavy atom. The van der Waals surface area contributed by atoms with Crippen LogP contribution in [0.5, 0.6) is 0 Å². The van der Waals surface area contributed by atoms with Crippen LogP contribution in [-0.4, -0.2) is 0 Å². The summed E-state index contributed by atoms with van der Waals surface area (Å²) >= 11 is 0. The van der Waals surface area contributed by atoms with Crippen LogP contribution in [0.4, 0.5) is 0 Å². The van der Waals surface area contributed by atoms with Crippen molar-refractivity contribution in [2.75, 3.05) is 0 Å². The Morgan fingerprint density at radius 2 is 0.545 bits per heavy atom. The standard InChI is InChI=1S/2C4H9.2H2N.Pt/c2*1-4(2)3;;;/h2*1-3H3;2*1H2;/q4*-1;+4. The number of nitrogens with two attached hydrogens (primary N) is 2. The molecule has 0 unspecified atom stereocenters. The predicted octanol–water partition coefficient (Wildman–Crippen LogP) is 4.67. The first-order chi connectivity index (χ1) is 3.46. The molecule has 0 aliphatic carbocycles. The normalized spacial score (nSPS) is 6.55. The molecule has 3 heteroatoms. The molecule has 0 aromatic carbocycles. The van der Waals surface area contributed by atoms with E-state index < -0.39 is 0 Å². The second-order valence-corrected chi connectivity index (χ2v) is 3.00. The molecule has 11 heavy (non-hydrogen) atoms. The maximum atomic E-state index is 2.08. The maximum absolute atomic E-state index is 2.08. The van der Waals surface area contributed by atoms with Crippen molar-refractivity contribution in [3.63, 3.8) is 0 Å². The SMILES string of the molecule is C[C-](C)C.C[C-](C)C.[NH2-].[NH2-].[Pt+4]. The van der Waals surface area contributed by atoms with Crippen molar-refractivity contribution in [1.29, 1.82) is 0 Å². The summed E-state index contributed by atoms with van der Waals surface area (Å²) in [6.45, 7) is 12.5. The number of hydrogen-bond acceptors (Lipinski definition) is 0. The Morgan fingerprint density at radius 1 is 0.545 bits per heavy atom. The Bertz CT molecular complexity index is 27.6. The summed E-state index contributed by atoms with van der Waals surface area (Å²) in [6, 6.07) is 0. The Labute approximate surface area is 87.0 Å². The fourth-order valence-corrected chi connectivity index (χ4v) is 0. The minimum atomic E-state index is 0. The van der Waals surface area contributed by atoms with E-state index in [1.807, 2.05) is 0 Å². The van der Waals surface area contributed by atoms with Gasteiger partial charge < -0.3 is 24.1 Å². The molecule has 2 nitrogen and oxygen atoms in total. The summed E-state index contributed by atoms with van der Waals surface area (Å²) in [4.78, 5) is 0. The first-order valence-electron chi connectivity index (χ1n) is 3.00. The second kappa shape index (κ2) is 22.4. The van der Waals surface area contributed by atoms with Crippen molar-refractivity contribution in [1.82, 2.24) is 0 Å². The van der Waals surface area contributed by atoms with Gasteiger partial charge in [-0.2, -0.15) is 41.5 Å². The molecule has 74 valence electrons. The van der Waals surface area contributed by atoms with Crippen LogP contribution in [0.1, 0.15) is 41.5 Å². The predicted molar refractivity (Wildman–Crippen MR) is 51.1 cm³/mol. The number of rotatable bonds is 0. The van der Waals surface area contributed by atoms with Gasteiger partial charge in [0.25, 0.3) is 0 Å². The van der Waals surface area contributed by atoms with E-state index >= 15 is 0 Å². The average Bonchev–Trinajstić information content (AvgIpc) is 1.25.